The third-order valence-corrected chi connectivity index (χ3v) is 8.62. The molecule has 0 N–H and O–H groups in total. The predicted octanol–water partition coefficient (Wildman–Crippen LogP) is 3.58. The number of carbonyl (C=O) groups excluding carboxylic acids is 1. The van der Waals surface area contributed by atoms with Crippen molar-refractivity contribution < 1.29 is 17.9 Å². The van der Waals surface area contributed by atoms with Gasteiger partial charge in [-0.15, -0.1) is 0 Å². The highest BCUT2D eigenvalue weighted by Crippen LogP contribution is 2.24. The van der Waals surface area contributed by atoms with Crippen molar-refractivity contribution in [3.8, 4) is 5.75 Å². The minimum Gasteiger partial charge on any atom is -0.496 e. The first-order valence-corrected chi connectivity index (χ1v) is 14.0. The minimum absolute atomic E-state index is 0.166. The van der Waals surface area contributed by atoms with Crippen LogP contribution in [0.25, 0.3) is 0 Å². The summed E-state index contributed by atoms with van der Waals surface area (Å²) < 4.78 is 34.0. The molecule has 3 aromatic rings. The number of piperazine rings is 1. The van der Waals surface area contributed by atoms with Crippen molar-refractivity contribution in [2.75, 3.05) is 46.4 Å². The Hall–Kier alpha value is -3.20. The summed E-state index contributed by atoms with van der Waals surface area (Å²) in [5.74, 6) is 0.459. The standard InChI is InChI=1S/C29H35N3O4S/c1-24-21-27(13-14-28(24)36-2)37(34,35)32(16-15-25-9-5-3-6-10-25)23-29(33)31-19-17-30(18-20-31)22-26-11-7-4-8-12-26/h3-14,21H,15-20,22-23H2,1-2H3. The van der Waals surface area contributed by atoms with E-state index >= 15 is 0 Å². The predicted molar refractivity (Wildman–Crippen MR) is 145 cm³/mol. The molecule has 0 spiro atoms. The van der Waals surface area contributed by atoms with Crippen LogP contribution in [0.4, 0.5) is 0 Å². The van der Waals surface area contributed by atoms with Gasteiger partial charge >= 0.3 is 0 Å². The van der Waals surface area contributed by atoms with E-state index in [9.17, 15) is 13.2 Å². The van der Waals surface area contributed by atoms with Crippen LogP contribution in [0.5, 0.6) is 5.75 Å². The summed E-state index contributed by atoms with van der Waals surface area (Å²) >= 11 is 0. The number of amides is 1. The van der Waals surface area contributed by atoms with Gasteiger partial charge in [-0.05, 0) is 48.2 Å². The molecule has 0 saturated carbocycles. The number of carbonyl (C=O) groups is 1. The van der Waals surface area contributed by atoms with Crippen LogP contribution >= 0.6 is 0 Å². The van der Waals surface area contributed by atoms with Crippen molar-refractivity contribution in [3.63, 3.8) is 0 Å². The number of rotatable bonds is 10. The molecule has 3 aromatic carbocycles. The van der Waals surface area contributed by atoms with Crippen LogP contribution in [-0.2, 0) is 27.8 Å². The first-order chi connectivity index (χ1) is 17.9. The zero-order valence-corrected chi connectivity index (χ0v) is 22.4. The van der Waals surface area contributed by atoms with Gasteiger partial charge in [-0.25, -0.2) is 8.42 Å². The molecule has 196 valence electrons. The number of hydrogen-bond acceptors (Lipinski definition) is 5. The molecule has 0 radical (unpaired) electrons. The van der Waals surface area contributed by atoms with E-state index in [4.69, 9.17) is 4.74 Å². The van der Waals surface area contributed by atoms with Gasteiger partial charge in [-0.3, -0.25) is 9.69 Å². The first kappa shape index (κ1) is 26.9. The van der Waals surface area contributed by atoms with Crippen LogP contribution in [0, 0.1) is 6.92 Å². The lowest BCUT2D eigenvalue weighted by molar-refractivity contribution is -0.133. The molecule has 8 heteroatoms. The maximum Gasteiger partial charge on any atom is 0.243 e. The van der Waals surface area contributed by atoms with Crippen molar-refractivity contribution in [2.24, 2.45) is 0 Å². The van der Waals surface area contributed by atoms with Crippen LogP contribution in [0.15, 0.2) is 83.8 Å². The number of sulfonamides is 1. The van der Waals surface area contributed by atoms with Crippen molar-refractivity contribution >= 4 is 15.9 Å². The number of nitrogens with zero attached hydrogens (tertiary/aromatic N) is 3. The van der Waals surface area contributed by atoms with Gasteiger partial charge in [0.15, 0.2) is 0 Å². The second kappa shape index (κ2) is 12.4. The highest BCUT2D eigenvalue weighted by Gasteiger charge is 2.30. The van der Waals surface area contributed by atoms with Gasteiger partial charge in [0.1, 0.15) is 5.75 Å². The Morgan fingerprint density at radius 3 is 2.11 bits per heavy atom. The zero-order valence-electron chi connectivity index (χ0n) is 21.5. The van der Waals surface area contributed by atoms with Gasteiger partial charge in [0, 0.05) is 39.3 Å². The molecule has 0 aliphatic carbocycles. The van der Waals surface area contributed by atoms with E-state index in [1.165, 1.54) is 9.87 Å². The quantitative estimate of drug-likeness (QED) is 0.408. The van der Waals surface area contributed by atoms with E-state index in [2.05, 4.69) is 17.0 Å². The normalized spacial score (nSPS) is 14.6. The zero-order chi connectivity index (χ0) is 26.3. The molecule has 1 heterocycles. The van der Waals surface area contributed by atoms with Gasteiger partial charge in [0.2, 0.25) is 15.9 Å². The average Bonchev–Trinajstić information content (AvgIpc) is 2.92. The van der Waals surface area contributed by atoms with E-state index in [1.807, 2.05) is 55.5 Å². The van der Waals surface area contributed by atoms with Gasteiger partial charge in [0.05, 0.1) is 18.6 Å². The molecule has 1 amide bonds. The van der Waals surface area contributed by atoms with Crippen LogP contribution in [0.3, 0.4) is 0 Å². The molecule has 7 nitrogen and oxygen atoms in total. The largest absolute Gasteiger partial charge is 0.496 e. The molecule has 0 aromatic heterocycles. The monoisotopic (exact) mass is 521 g/mol. The molecule has 0 unspecified atom stereocenters. The first-order valence-electron chi connectivity index (χ1n) is 12.6. The Kier molecular flexibility index (Phi) is 8.97. The molecule has 4 rings (SSSR count). The minimum atomic E-state index is -3.88. The summed E-state index contributed by atoms with van der Waals surface area (Å²) in [5, 5.41) is 0. The Morgan fingerprint density at radius 1 is 0.892 bits per heavy atom. The van der Waals surface area contributed by atoms with Crippen molar-refractivity contribution in [1.82, 2.24) is 14.1 Å². The molecule has 0 atom stereocenters. The SMILES string of the molecule is COc1ccc(S(=O)(=O)N(CCc2ccccc2)CC(=O)N2CCN(Cc3ccccc3)CC2)cc1C. The molecule has 1 fully saturated rings. The van der Waals surface area contributed by atoms with Crippen LogP contribution < -0.4 is 4.74 Å². The third-order valence-electron chi connectivity index (χ3n) is 6.78. The smallest absolute Gasteiger partial charge is 0.243 e. The van der Waals surface area contributed by atoms with Crippen LogP contribution in [0.2, 0.25) is 0 Å². The lowest BCUT2D eigenvalue weighted by Crippen LogP contribution is -2.51. The summed E-state index contributed by atoms with van der Waals surface area (Å²) in [6.07, 6.45) is 0.521. The van der Waals surface area contributed by atoms with Crippen LogP contribution in [0.1, 0.15) is 16.7 Å². The van der Waals surface area contributed by atoms with Gasteiger partial charge in [-0.1, -0.05) is 60.7 Å². The lowest BCUT2D eigenvalue weighted by Gasteiger charge is -2.35. The van der Waals surface area contributed by atoms with Gasteiger partial charge < -0.3 is 9.64 Å². The van der Waals surface area contributed by atoms with E-state index in [-0.39, 0.29) is 23.9 Å². The number of benzene rings is 3. The molecule has 0 bridgehead atoms. The van der Waals surface area contributed by atoms with Crippen molar-refractivity contribution in [1.29, 1.82) is 0 Å². The summed E-state index contributed by atoms with van der Waals surface area (Å²) in [5.41, 5.74) is 3.00. The molecule has 1 saturated heterocycles. The van der Waals surface area contributed by atoms with Crippen molar-refractivity contribution in [2.45, 2.75) is 24.8 Å². The highest BCUT2D eigenvalue weighted by molar-refractivity contribution is 7.89. The molecular weight excluding hydrogens is 486 g/mol. The molecule has 1 aliphatic rings. The number of aryl methyl sites for hydroxylation is 1. The van der Waals surface area contributed by atoms with E-state index in [0.717, 1.165) is 30.8 Å². The summed E-state index contributed by atoms with van der Waals surface area (Å²) in [6, 6.07) is 24.8. The van der Waals surface area contributed by atoms with Crippen LogP contribution in [-0.4, -0.2) is 74.8 Å². The summed E-state index contributed by atoms with van der Waals surface area (Å²) in [4.78, 5) is 17.6. The lowest BCUT2D eigenvalue weighted by atomic mass is 10.1. The average molecular weight is 522 g/mol. The number of hydrogen-bond donors (Lipinski definition) is 0. The van der Waals surface area contributed by atoms with E-state index in [1.54, 1.807) is 30.2 Å². The maximum atomic E-state index is 13.7. The second-order valence-corrected chi connectivity index (χ2v) is 11.3. The van der Waals surface area contributed by atoms with Gasteiger partial charge in [-0.2, -0.15) is 4.31 Å². The topological polar surface area (TPSA) is 70.2 Å². The molecular formula is C29H35N3O4S. The fourth-order valence-electron chi connectivity index (χ4n) is 4.59. The van der Waals surface area contributed by atoms with E-state index in [0.29, 0.717) is 25.3 Å². The fraction of sp³-hybridized carbons (Fsp3) is 0.345. The third kappa shape index (κ3) is 6.97. The maximum absolute atomic E-state index is 13.7. The Morgan fingerprint density at radius 2 is 1.51 bits per heavy atom. The number of methoxy groups -OCH3 is 1. The number of ether oxygens (including phenoxy) is 1. The Balaban J connectivity index is 1.45. The second-order valence-electron chi connectivity index (χ2n) is 9.35. The van der Waals surface area contributed by atoms with Crippen molar-refractivity contribution in [3.05, 3.63) is 95.6 Å². The Labute approximate surface area is 220 Å². The Bertz CT molecular complexity index is 1280. The summed E-state index contributed by atoms with van der Waals surface area (Å²) in [6.45, 7) is 5.38. The highest BCUT2D eigenvalue weighted by atomic mass is 32.2. The summed E-state index contributed by atoms with van der Waals surface area (Å²) in [7, 11) is -2.33. The van der Waals surface area contributed by atoms with Gasteiger partial charge in [0.25, 0.3) is 0 Å². The fourth-order valence-corrected chi connectivity index (χ4v) is 6.07. The van der Waals surface area contributed by atoms with E-state index < -0.39 is 10.0 Å². The molecule has 1 aliphatic heterocycles. The molecule has 37 heavy (non-hydrogen) atoms.